The summed E-state index contributed by atoms with van der Waals surface area (Å²) in [5.74, 6) is 0.458. The van der Waals surface area contributed by atoms with Crippen molar-refractivity contribution >= 4 is 46.2 Å². The zero-order chi connectivity index (χ0) is 25.5. The molecule has 6 nitrogen and oxygen atoms in total. The maximum Gasteiger partial charge on any atom is 0.257 e. The van der Waals surface area contributed by atoms with Gasteiger partial charge in [-0.05, 0) is 86.2 Å². The minimum absolute atomic E-state index is 0.0803. The lowest BCUT2D eigenvalue weighted by Gasteiger charge is -2.36. The van der Waals surface area contributed by atoms with Crippen molar-refractivity contribution < 1.29 is 9.53 Å². The Balaban J connectivity index is 1.24. The zero-order valence-corrected chi connectivity index (χ0v) is 22.1. The van der Waals surface area contributed by atoms with Gasteiger partial charge in [0.25, 0.3) is 5.91 Å². The Kier molecular flexibility index (Phi) is 8.80. The Morgan fingerprint density at radius 2 is 1.64 bits per heavy atom. The number of carbonyl (C=O) groups is 1. The Labute approximate surface area is 223 Å². The molecule has 1 fully saturated rings. The third kappa shape index (κ3) is 7.20. The molecule has 4 rings (SSSR count). The van der Waals surface area contributed by atoms with E-state index in [1.807, 2.05) is 44.2 Å². The number of rotatable bonds is 7. The van der Waals surface area contributed by atoms with E-state index in [-0.39, 0.29) is 17.1 Å². The number of benzene rings is 3. The number of ether oxygens (including phenoxy) is 1. The Hall–Kier alpha value is -3.13. The van der Waals surface area contributed by atoms with E-state index in [1.165, 1.54) is 5.56 Å². The predicted molar refractivity (Wildman–Crippen MR) is 151 cm³/mol. The van der Waals surface area contributed by atoms with Crippen LogP contribution in [0, 0.1) is 0 Å². The second-order valence-corrected chi connectivity index (χ2v) is 9.82. The van der Waals surface area contributed by atoms with Crippen LogP contribution >= 0.6 is 23.8 Å². The molecule has 0 radical (unpaired) electrons. The monoisotopic (exact) mass is 522 g/mol. The minimum Gasteiger partial charge on any atom is -0.491 e. The number of nitrogens with zero attached hydrogens (tertiary/aromatic N) is 2. The molecule has 0 aliphatic carbocycles. The average Bonchev–Trinajstić information content (AvgIpc) is 2.86. The highest BCUT2D eigenvalue weighted by Gasteiger charge is 2.18. The van der Waals surface area contributed by atoms with Crippen molar-refractivity contribution in [3.8, 4) is 5.75 Å². The van der Waals surface area contributed by atoms with E-state index in [0.29, 0.717) is 5.56 Å². The fourth-order valence-electron chi connectivity index (χ4n) is 4.08. The lowest BCUT2D eigenvalue weighted by molar-refractivity contribution is 0.0977. The highest BCUT2D eigenvalue weighted by atomic mass is 35.5. The lowest BCUT2D eigenvalue weighted by atomic mass is 10.2. The average molecular weight is 523 g/mol. The van der Waals surface area contributed by atoms with Gasteiger partial charge in [-0.3, -0.25) is 15.0 Å². The van der Waals surface area contributed by atoms with Gasteiger partial charge in [-0.2, -0.15) is 0 Å². The van der Waals surface area contributed by atoms with Gasteiger partial charge in [-0.1, -0.05) is 29.8 Å². The molecular weight excluding hydrogens is 492 g/mol. The molecule has 0 aromatic heterocycles. The summed E-state index contributed by atoms with van der Waals surface area (Å²) in [6, 6.07) is 23.1. The van der Waals surface area contributed by atoms with Gasteiger partial charge in [0.05, 0.1) is 6.10 Å². The Morgan fingerprint density at radius 3 is 2.28 bits per heavy atom. The molecule has 2 N–H and O–H groups in total. The van der Waals surface area contributed by atoms with Crippen LogP contribution in [0.2, 0.25) is 5.02 Å². The molecule has 1 aliphatic heterocycles. The van der Waals surface area contributed by atoms with Crippen LogP contribution in [-0.2, 0) is 6.54 Å². The van der Waals surface area contributed by atoms with E-state index < -0.39 is 0 Å². The first-order valence-corrected chi connectivity index (χ1v) is 12.9. The van der Waals surface area contributed by atoms with Crippen LogP contribution in [-0.4, -0.2) is 48.2 Å². The number of hydrogen-bond donors (Lipinski definition) is 2. The molecule has 3 aromatic rings. The maximum absolute atomic E-state index is 12.5. The predicted octanol–water partition coefficient (Wildman–Crippen LogP) is 5.58. The van der Waals surface area contributed by atoms with Gasteiger partial charge >= 0.3 is 0 Å². The van der Waals surface area contributed by atoms with Crippen LogP contribution in [0.3, 0.4) is 0 Å². The Bertz CT molecular complexity index is 1180. The second kappa shape index (κ2) is 12.2. The van der Waals surface area contributed by atoms with Gasteiger partial charge in [0.2, 0.25) is 0 Å². The minimum atomic E-state index is -0.269. The lowest BCUT2D eigenvalue weighted by Crippen LogP contribution is -2.46. The molecule has 1 amide bonds. The van der Waals surface area contributed by atoms with E-state index >= 15 is 0 Å². The number of nitrogens with one attached hydrogen (secondary N) is 2. The van der Waals surface area contributed by atoms with E-state index in [2.05, 4.69) is 38.6 Å². The van der Waals surface area contributed by atoms with Crippen molar-refractivity contribution in [1.29, 1.82) is 0 Å². The van der Waals surface area contributed by atoms with Gasteiger partial charge in [0, 0.05) is 54.7 Å². The van der Waals surface area contributed by atoms with Crippen molar-refractivity contribution in [3.63, 3.8) is 0 Å². The summed E-state index contributed by atoms with van der Waals surface area (Å²) >= 11 is 11.7. The largest absolute Gasteiger partial charge is 0.491 e. The van der Waals surface area contributed by atoms with Crippen LogP contribution in [0.5, 0.6) is 5.75 Å². The molecule has 188 valence electrons. The van der Waals surface area contributed by atoms with Gasteiger partial charge in [-0.25, -0.2) is 0 Å². The summed E-state index contributed by atoms with van der Waals surface area (Å²) in [6.45, 7) is 8.65. The SMILES string of the molecule is CC(C)Oc1ccc(C(=O)NC(=S)Nc2ccc(N3CCN(Cc4ccccc4Cl)CC3)cc2)cc1. The van der Waals surface area contributed by atoms with Crippen molar-refractivity contribution in [2.45, 2.75) is 26.5 Å². The van der Waals surface area contributed by atoms with E-state index in [9.17, 15) is 4.79 Å². The smallest absolute Gasteiger partial charge is 0.257 e. The van der Waals surface area contributed by atoms with E-state index in [0.717, 1.165) is 54.9 Å². The number of amides is 1. The van der Waals surface area contributed by atoms with Crippen LogP contribution in [0.4, 0.5) is 11.4 Å². The van der Waals surface area contributed by atoms with E-state index in [4.69, 9.17) is 28.6 Å². The molecule has 0 spiro atoms. The highest BCUT2D eigenvalue weighted by Crippen LogP contribution is 2.22. The number of halogens is 1. The standard InChI is InChI=1S/C28H31ClN4O2S/c1-20(2)35-25-13-7-21(8-14-25)27(34)31-28(36)30-23-9-11-24(12-10-23)33-17-15-32(16-18-33)19-22-5-3-4-6-26(22)29/h3-14,20H,15-19H2,1-2H3,(H2,30,31,34,36). The molecular formula is C28H31ClN4O2S. The first kappa shape index (κ1) is 25.9. The highest BCUT2D eigenvalue weighted by molar-refractivity contribution is 7.80. The summed E-state index contributed by atoms with van der Waals surface area (Å²) in [4.78, 5) is 17.3. The molecule has 8 heteroatoms. The topological polar surface area (TPSA) is 56.8 Å². The molecule has 0 unspecified atom stereocenters. The van der Waals surface area contributed by atoms with Crippen LogP contribution < -0.4 is 20.3 Å². The van der Waals surface area contributed by atoms with Crippen LogP contribution in [0.25, 0.3) is 0 Å². The molecule has 1 heterocycles. The van der Waals surface area contributed by atoms with Gasteiger partial charge in [0.1, 0.15) is 5.75 Å². The normalized spacial score (nSPS) is 13.9. The maximum atomic E-state index is 12.5. The van der Waals surface area contributed by atoms with Crippen molar-refractivity contribution in [3.05, 3.63) is 88.9 Å². The summed E-state index contributed by atoms with van der Waals surface area (Å²) in [7, 11) is 0. The van der Waals surface area contributed by atoms with Crippen molar-refractivity contribution in [2.75, 3.05) is 36.4 Å². The summed E-state index contributed by atoms with van der Waals surface area (Å²) < 4.78 is 5.62. The number of anilines is 2. The molecule has 3 aromatic carbocycles. The third-order valence-corrected chi connectivity index (χ3v) is 6.50. The fourth-order valence-corrected chi connectivity index (χ4v) is 4.49. The first-order valence-electron chi connectivity index (χ1n) is 12.1. The van der Waals surface area contributed by atoms with Crippen LogP contribution in [0.15, 0.2) is 72.8 Å². The third-order valence-electron chi connectivity index (χ3n) is 5.93. The van der Waals surface area contributed by atoms with Crippen molar-refractivity contribution in [2.24, 2.45) is 0 Å². The van der Waals surface area contributed by atoms with Gasteiger partial charge in [0.15, 0.2) is 5.11 Å². The summed E-state index contributed by atoms with van der Waals surface area (Å²) in [5, 5.41) is 6.89. The number of piperazine rings is 1. The molecule has 0 bridgehead atoms. The summed E-state index contributed by atoms with van der Waals surface area (Å²) in [5.41, 5.74) is 3.67. The molecule has 36 heavy (non-hydrogen) atoms. The second-order valence-electron chi connectivity index (χ2n) is 9.00. The van der Waals surface area contributed by atoms with Gasteiger partial charge < -0.3 is 15.0 Å². The number of carbonyl (C=O) groups excluding carboxylic acids is 1. The quantitative estimate of drug-likeness (QED) is 0.395. The van der Waals surface area contributed by atoms with E-state index in [1.54, 1.807) is 24.3 Å². The first-order chi connectivity index (χ1) is 17.4. The molecule has 1 aliphatic rings. The molecule has 0 atom stereocenters. The number of thiocarbonyl (C=S) groups is 1. The Morgan fingerprint density at radius 1 is 0.972 bits per heavy atom. The van der Waals surface area contributed by atoms with Crippen molar-refractivity contribution in [1.82, 2.24) is 10.2 Å². The fraction of sp³-hybridized carbons (Fsp3) is 0.286. The van der Waals surface area contributed by atoms with Gasteiger partial charge in [-0.15, -0.1) is 0 Å². The summed E-state index contributed by atoms with van der Waals surface area (Å²) in [6.07, 6.45) is 0.0803. The van der Waals surface area contributed by atoms with Crippen LogP contribution in [0.1, 0.15) is 29.8 Å². The zero-order valence-electron chi connectivity index (χ0n) is 20.5. The molecule has 0 saturated carbocycles. The number of hydrogen-bond acceptors (Lipinski definition) is 5. The molecule has 1 saturated heterocycles.